The molecule has 2 aliphatic rings. The Morgan fingerprint density at radius 1 is 1.23 bits per heavy atom. The fourth-order valence-corrected chi connectivity index (χ4v) is 4.97. The summed E-state index contributed by atoms with van der Waals surface area (Å²) in [5.41, 5.74) is 10.6. The van der Waals surface area contributed by atoms with Crippen molar-refractivity contribution < 1.29 is 18.7 Å². The molecule has 1 saturated heterocycles. The minimum Gasteiger partial charge on any atom is -0.397 e. The number of hydrogen-bond donors (Lipinski definition) is 2. The highest BCUT2D eigenvalue weighted by Crippen LogP contribution is 2.41. The Morgan fingerprint density at radius 2 is 2.00 bits per heavy atom. The topological polar surface area (TPSA) is 99.2 Å². The molecule has 8 heteroatoms. The first kappa shape index (κ1) is 23.2. The van der Waals surface area contributed by atoms with Crippen LogP contribution >= 0.6 is 0 Å². The van der Waals surface area contributed by atoms with Crippen molar-refractivity contribution in [1.29, 1.82) is 0 Å². The monoisotopic (exact) mass is 476 g/mol. The number of hydrogen-bond acceptors (Lipinski definition) is 5. The van der Waals surface area contributed by atoms with Crippen LogP contribution in [0.25, 0.3) is 5.69 Å². The lowest BCUT2D eigenvalue weighted by Gasteiger charge is -2.29. The zero-order chi connectivity index (χ0) is 24.7. The number of ketones is 1. The fraction of sp³-hybridized carbons (Fsp3) is 0.370. The van der Waals surface area contributed by atoms with Gasteiger partial charge in [-0.2, -0.15) is 5.10 Å². The Morgan fingerprint density at radius 3 is 2.69 bits per heavy atom. The molecule has 0 spiro atoms. The van der Waals surface area contributed by atoms with E-state index in [9.17, 15) is 14.0 Å². The second-order valence-electron chi connectivity index (χ2n) is 10.1. The highest BCUT2D eigenvalue weighted by atomic mass is 19.1. The van der Waals surface area contributed by atoms with Gasteiger partial charge in [-0.3, -0.25) is 9.59 Å². The Hall–Kier alpha value is -3.52. The van der Waals surface area contributed by atoms with Gasteiger partial charge in [-0.15, -0.1) is 0 Å². The van der Waals surface area contributed by atoms with Gasteiger partial charge in [0.1, 0.15) is 17.6 Å². The molecule has 1 aliphatic heterocycles. The van der Waals surface area contributed by atoms with E-state index in [1.165, 1.54) is 12.1 Å². The maximum absolute atomic E-state index is 13.1. The SMILES string of the molecule is CC1(C)CC(=O)c2c(C3CCCO3)nn(-c3ccc(C(=O)NCc4ccc(F)cc4)cc3N)c2C1. The Bertz CT molecular complexity index is 1290. The number of amides is 1. The van der Waals surface area contributed by atoms with Crippen LogP contribution in [0.2, 0.25) is 0 Å². The first-order valence-electron chi connectivity index (χ1n) is 11.9. The zero-order valence-corrected chi connectivity index (χ0v) is 19.9. The number of anilines is 1. The van der Waals surface area contributed by atoms with Crippen molar-refractivity contribution in [2.75, 3.05) is 12.3 Å². The second kappa shape index (κ2) is 8.92. The molecule has 1 fully saturated rings. The maximum atomic E-state index is 13.1. The lowest BCUT2D eigenvalue weighted by molar-refractivity contribution is 0.0884. The van der Waals surface area contributed by atoms with Crippen molar-refractivity contribution in [2.24, 2.45) is 5.41 Å². The number of carbonyl (C=O) groups excluding carboxylic acids is 2. The van der Waals surface area contributed by atoms with Crippen LogP contribution in [-0.2, 0) is 17.7 Å². The number of rotatable bonds is 5. The Labute approximate surface area is 203 Å². The molecule has 2 aromatic carbocycles. The number of benzene rings is 2. The van der Waals surface area contributed by atoms with Gasteiger partial charge >= 0.3 is 0 Å². The van der Waals surface area contributed by atoms with Crippen molar-refractivity contribution in [3.63, 3.8) is 0 Å². The van der Waals surface area contributed by atoms with Crippen LogP contribution < -0.4 is 11.1 Å². The van der Waals surface area contributed by atoms with E-state index in [0.29, 0.717) is 47.6 Å². The van der Waals surface area contributed by atoms with E-state index in [4.69, 9.17) is 15.6 Å². The van der Waals surface area contributed by atoms with E-state index < -0.39 is 0 Å². The van der Waals surface area contributed by atoms with Crippen molar-refractivity contribution >= 4 is 17.4 Å². The first-order valence-corrected chi connectivity index (χ1v) is 11.9. The molecule has 2 heterocycles. The largest absolute Gasteiger partial charge is 0.397 e. The summed E-state index contributed by atoms with van der Waals surface area (Å²) in [5, 5.41) is 7.67. The van der Waals surface area contributed by atoms with Crippen molar-refractivity contribution in [2.45, 2.75) is 52.2 Å². The molecule has 1 atom stereocenters. The number of halogens is 1. The van der Waals surface area contributed by atoms with Gasteiger partial charge in [0.2, 0.25) is 0 Å². The molecule has 0 saturated carbocycles. The number of nitrogens with zero attached hydrogens (tertiary/aromatic N) is 2. The molecular weight excluding hydrogens is 447 g/mol. The summed E-state index contributed by atoms with van der Waals surface area (Å²) in [5.74, 6) is -0.522. The van der Waals surface area contributed by atoms with Crippen LogP contribution in [0.4, 0.5) is 10.1 Å². The molecule has 1 aromatic heterocycles. The van der Waals surface area contributed by atoms with Gasteiger partial charge in [-0.1, -0.05) is 26.0 Å². The minimum atomic E-state index is -0.322. The van der Waals surface area contributed by atoms with Crippen molar-refractivity contribution in [3.8, 4) is 5.69 Å². The number of nitrogen functional groups attached to an aromatic ring is 1. The van der Waals surface area contributed by atoms with E-state index in [1.807, 2.05) is 0 Å². The zero-order valence-electron chi connectivity index (χ0n) is 19.9. The average Bonchev–Trinajstić information content (AvgIpc) is 3.46. The summed E-state index contributed by atoms with van der Waals surface area (Å²) >= 11 is 0. The normalized spacial score (nSPS) is 18.9. The number of nitrogens with one attached hydrogen (secondary N) is 1. The summed E-state index contributed by atoms with van der Waals surface area (Å²) in [6.07, 6.45) is 2.74. The third kappa shape index (κ3) is 4.58. The quantitative estimate of drug-likeness (QED) is 0.527. The van der Waals surface area contributed by atoms with E-state index in [0.717, 1.165) is 24.1 Å². The number of ether oxygens (including phenoxy) is 1. The van der Waals surface area contributed by atoms with Crippen LogP contribution in [0.15, 0.2) is 42.5 Å². The van der Waals surface area contributed by atoms with Crippen molar-refractivity contribution in [3.05, 3.63) is 76.4 Å². The molecule has 1 amide bonds. The summed E-state index contributed by atoms with van der Waals surface area (Å²) in [7, 11) is 0. The smallest absolute Gasteiger partial charge is 0.251 e. The van der Waals surface area contributed by atoms with E-state index in [2.05, 4.69) is 19.2 Å². The first-order chi connectivity index (χ1) is 16.7. The molecule has 7 nitrogen and oxygen atoms in total. The number of Topliss-reactive ketones (excluding diaryl/α,β-unsaturated/α-hetero) is 1. The van der Waals surface area contributed by atoms with Crippen molar-refractivity contribution in [1.82, 2.24) is 15.1 Å². The molecule has 182 valence electrons. The van der Waals surface area contributed by atoms with Gasteiger partial charge in [0.25, 0.3) is 5.91 Å². The third-order valence-corrected chi connectivity index (χ3v) is 6.69. The summed E-state index contributed by atoms with van der Waals surface area (Å²) in [6, 6.07) is 11.0. The van der Waals surface area contributed by atoms with E-state index in [1.54, 1.807) is 35.0 Å². The number of aromatic nitrogens is 2. The van der Waals surface area contributed by atoms with Crippen LogP contribution in [0, 0.1) is 11.2 Å². The molecule has 35 heavy (non-hydrogen) atoms. The summed E-state index contributed by atoms with van der Waals surface area (Å²) in [6.45, 7) is 5.09. The maximum Gasteiger partial charge on any atom is 0.251 e. The molecule has 3 N–H and O–H groups in total. The molecule has 5 rings (SSSR count). The van der Waals surface area contributed by atoms with Gasteiger partial charge in [-0.25, -0.2) is 9.07 Å². The van der Waals surface area contributed by atoms with Crippen LogP contribution in [-0.4, -0.2) is 28.1 Å². The highest BCUT2D eigenvalue weighted by molar-refractivity contribution is 6.00. The standard InChI is InChI=1S/C27H29FN4O3/c1-27(2)13-21-24(22(33)14-27)25(23-4-3-11-35-23)31-32(21)20-10-7-17(12-19(20)29)26(34)30-15-16-5-8-18(28)9-6-16/h5-10,12,23H,3-4,11,13-15,29H2,1-2H3,(H,30,34). The van der Waals surface area contributed by atoms with Gasteiger partial charge in [0.15, 0.2) is 5.78 Å². The summed E-state index contributed by atoms with van der Waals surface area (Å²) in [4.78, 5) is 25.8. The van der Waals surface area contributed by atoms with E-state index >= 15 is 0 Å². The molecule has 3 aromatic rings. The highest BCUT2D eigenvalue weighted by Gasteiger charge is 2.39. The molecule has 0 bridgehead atoms. The Balaban J connectivity index is 1.45. The Kier molecular flexibility index (Phi) is 5.92. The lowest BCUT2D eigenvalue weighted by atomic mass is 9.75. The fourth-order valence-electron chi connectivity index (χ4n) is 4.97. The van der Waals surface area contributed by atoms with Gasteiger partial charge in [0, 0.05) is 25.1 Å². The molecule has 1 aliphatic carbocycles. The van der Waals surface area contributed by atoms with Gasteiger partial charge in [-0.05, 0) is 60.6 Å². The van der Waals surface area contributed by atoms with E-state index in [-0.39, 0.29) is 35.6 Å². The van der Waals surface area contributed by atoms with Crippen LogP contribution in [0.3, 0.4) is 0 Å². The predicted molar refractivity (Wildman–Crippen MR) is 130 cm³/mol. The van der Waals surface area contributed by atoms with Crippen LogP contribution in [0.5, 0.6) is 0 Å². The number of fused-ring (bicyclic) bond motifs is 1. The average molecular weight is 477 g/mol. The van der Waals surface area contributed by atoms with Gasteiger partial charge in [0.05, 0.1) is 22.6 Å². The predicted octanol–water partition coefficient (Wildman–Crippen LogP) is 4.53. The third-order valence-electron chi connectivity index (χ3n) is 6.69. The van der Waals surface area contributed by atoms with Gasteiger partial charge < -0.3 is 15.8 Å². The molecule has 0 radical (unpaired) electrons. The number of nitrogens with two attached hydrogens (primary N) is 1. The molecule has 1 unspecified atom stereocenters. The lowest BCUT2D eigenvalue weighted by Crippen LogP contribution is -2.28. The van der Waals surface area contributed by atoms with Crippen LogP contribution in [0.1, 0.15) is 76.9 Å². The minimum absolute atomic E-state index is 0.0864. The summed E-state index contributed by atoms with van der Waals surface area (Å²) < 4.78 is 20.7. The number of carbonyl (C=O) groups is 2. The molecular formula is C27H29FN4O3. The second-order valence-corrected chi connectivity index (χ2v) is 10.1.